The van der Waals surface area contributed by atoms with Crippen molar-refractivity contribution in [3.05, 3.63) is 28.2 Å². The monoisotopic (exact) mass is 324 g/mol. The molecule has 3 nitrogen and oxygen atoms in total. The molecule has 0 atom stereocenters. The van der Waals surface area contributed by atoms with Gasteiger partial charge >= 0.3 is 0 Å². The Morgan fingerprint density at radius 1 is 1.42 bits per heavy atom. The fourth-order valence-corrected chi connectivity index (χ4v) is 3.05. The molecule has 0 unspecified atom stereocenters. The number of aldehydes is 1. The second kappa shape index (κ2) is 6.53. The number of benzene rings is 1. The molecule has 0 aliphatic carbocycles. The van der Waals surface area contributed by atoms with Crippen molar-refractivity contribution >= 4 is 27.9 Å². The highest BCUT2D eigenvalue weighted by molar-refractivity contribution is 9.10. The lowest BCUT2D eigenvalue weighted by atomic mass is 9.96. The van der Waals surface area contributed by atoms with Gasteiger partial charge in [0.1, 0.15) is 0 Å². The van der Waals surface area contributed by atoms with Crippen molar-refractivity contribution < 1.29 is 4.79 Å². The van der Waals surface area contributed by atoms with E-state index in [-0.39, 0.29) is 0 Å². The SMILES string of the molecule is CN1CCC(CN(C)c2ccc(C=O)c(Br)c2)CC1. The maximum Gasteiger partial charge on any atom is 0.151 e. The van der Waals surface area contributed by atoms with Crippen LogP contribution in [0.3, 0.4) is 0 Å². The molecule has 0 aromatic heterocycles. The number of halogens is 1. The largest absolute Gasteiger partial charge is 0.374 e. The van der Waals surface area contributed by atoms with E-state index in [1.807, 2.05) is 18.2 Å². The van der Waals surface area contributed by atoms with E-state index in [1.165, 1.54) is 25.9 Å². The zero-order valence-electron chi connectivity index (χ0n) is 11.6. The Balaban J connectivity index is 1.97. The number of piperidine rings is 1. The average Bonchev–Trinajstić information content (AvgIpc) is 2.41. The van der Waals surface area contributed by atoms with Crippen LogP contribution < -0.4 is 4.90 Å². The molecule has 4 heteroatoms. The van der Waals surface area contributed by atoms with E-state index in [9.17, 15) is 4.79 Å². The lowest BCUT2D eigenvalue weighted by Crippen LogP contribution is -2.35. The Hall–Kier alpha value is -0.870. The van der Waals surface area contributed by atoms with E-state index >= 15 is 0 Å². The lowest BCUT2D eigenvalue weighted by Gasteiger charge is -2.32. The quantitative estimate of drug-likeness (QED) is 0.795. The number of carbonyl (C=O) groups is 1. The number of carbonyl (C=O) groups excluding carboxylic acids is 1. The molecule has 1 aromatic carbocycles. The number of nitrogens with zero attached hydrogens (tertiary/aromatic N) is 2. The summed E-state index contributed by atoms with van der Waals surface area (Å²) in [6.07, 6.45) is 3.42. The molecule has 2 rings (SSSR count). The number of anilines is 1. The van der Waals surface area contributed by atoms with Crippen LogP contribution in [0.5, 0.6) is 0 Å². The third-order valence-electron chi connectivity index (χ3n) is 3.92. The maximum atomic E-state index is 10.8. The second-order valence-electron chi connectivity index (χ2n) is 5.45. The fourth-order valence-electron chi connectivity index (χ4n) is 2.59. The Labute approximate surface area is 123 Å². The molecule has 1 saturated heterocycles. The standard InChI is InChI=1S/C15H21BrN2O/c1-17-7-5-12(6-8-17)10-18(2)14-4-3-13(11-19)15(16)9-14/h3-4,9,11-12H,5-8,10H2,1-2H3. The van der Waals surface area contributed by atoms with Gasteiger partial charge in [0.2, 0.25) is 0 Å². The molecule has 19 heavy (non-hydrogen) atoms. The molecule has 0 bridgehead atoms. The van der Waals surface area contributed by atoms with Crippen LogP contribution in [0.4, 0.5) is 5.69 Å². The van der Waals surface area contributed by atoms with Crippen molar-refractivity contribution in [2.45, 2.75) is 12.8 Å². The lowest BCUT2D eigenvalue weighted by molar-refractivity contribution is 0.112. The zero-order valence-corrected chi connectivity index (χ0v) is 13.2. The predicted molar refractivity (Wildman–Crippen MR) is 83.0 cm³/mol. The zero-order chi connectivity index (χ0) is 13.8. The summed E-state index contributed by atoms with van der Waals surface area (Å²) < 4.78 is 0.871. The van der Waals surface area contributed by atoms with Crippen molar-refractivity contribution in [3.8, 4) is 0 Å². The number of hydrogen-bond acceptors (Lipinski definition) is 3. The van der Waals surface area contributed by atoms with Gasteiger partial charge in [0.05, 0.1) is 0 Å². The van der Waals surface area contributed by atoms with Crippen LogP contribution >= 0.6 is 15.9 Å². The van der Waals surface area contributed by atoms with Crippen LogP contribution in [0.2, 0.25) is 0 Å². The van der Waals surface area contributed by atoms with Crippen molar-refractivity contribution in [1.82, 2.24) is 4.90 Å². The van der Waals surface area contributed by atoms with Gasteiger partial charge in [-0.2, -0.15) is 0 Å². The first-order chi connectivity index (χ1) is 9.10. The summed E-state index contributed by atoms with van der Waals surface area (Å²) >= 11 is 3.44. The van der Waals surface area contributed by atoms with Gasteiger partial charge in [0.15, 0.2) is 6.29 Å². The van der Waals surface area contributed by atoms with Crippen molar-refractivity contribution in [2.75, 3.05) is 38.6 Å². The minimum absolute atomic E-state index is 0.705. The molecule has 0 radical (unpaired) electrons. The summed E-state index contributed by atoms with van der Waals surface area (Å²) in [4.78, 5) is 15.5. The highest BCUT2D eigenvalue weighted by Crippen LogP contribution is 2.25. The minimum atomic E-state index is 0.705. The van der Waals surface area contributed by atoms with Gasteiger partial charge in [0.25, 0.3) is 0 Å². The van der Waals surface area contributed by atoms with E-state index < -0.39 is 0 Å². The molecule has 1 fully saturated rings. The van der Waals surface area contributed by atoms with Crippen molar-refractivity contribution in [1.29, 1.82) is 0 Å². The van der Waals surface area contributed by atoms with Crippen LogP contribution in [0.15, 0.2) is 22.7 Å². The van der Waals surface area contributed by atoms with Gasteiger partial charge in [-0.3, -0.25) is 4.79 Å². The van der Waals surface area contributed by atoms with Crippen molar-refractivity contribution in [2.24, 2.45) is 5.92 Å². The van der Waals surface area contributed by atoms with E-state index in [1.54, 1.807) is 0 Å². The molecule has 1 aromatic rings. The van der Waals surface area contributed by atoms with Gasteiger partial charge in [-0.15, -0.1) is 0 Å². The van der Waals surface area contributed by atoms with Crippen molar-refractivity contribution in [3.63, 3.8) is 0 Å². The Morgan fingerprint density at radius 2 is 2.11 bits per heavy atom. The highest BCUT2D eigenvalue weighted by Gasteiger charge is 2.18. The third kappa shape index (κ3) is 3.80. The summed E-state index contributed by atoms with van der Waals surface area (Å²) in [7, 11) is 4.32. The normalized spacial score (nSPS) is 17.4. The highest BCUT2D eigenvalue weighted by atomic mass is 79.9. The molecule has 0 N–H and O–H groups in total. The summed E-state index contributed by atoms with van der Waals surface area (Å²) in [5, 5.41) is 0. The minimum Gasteiger partial charge on any atom is -0.374 e. The Bertz CT molecular complexity index is 442. The Morgan fingerprint density at radius 3 is 2.68 bits per heavy atom. The first kappa shape index (κ1) is 14.5. The summed E-state index contributed by atoms with van der Waals surface area (Å²) in [5.41, 5.74) is 1.87. The van der Waals surface area contributed by atoms with Crippen LogP contribution in [0.1, 0.15) is 23.2 Å². The first-order valence-electron chi connectivity index (χ1n) is 6.74. The predicted octanol–water partition coefficient (Wildman–Crippen LogP) is 3.04. The van der Waals surface area contributed by atoms with Crippen LogP contribution in [-0.2, 0) is 0 Å². The van der Waals surface area contributed by atoms with E-state index in [0.29, 0.717) is 5.56 Å². The van der Waals surface area contributed by atoms with Gasteiger partial charge in [-0.1, -0.05) is 0 Å². The van der Waals surface area contributed by atoms with E-state index in [2.05, 4.69) is 39.8 Å². The Kier molecular flexibility index (Phi) is 4.99. The van der Waals surface area contributed by atoms with Gasteiger partial charge in [-0.05, 0) is 73.0 Å². The van der Waals surface area contributed by atoms with Crippen LogP contribution in [0, 0.1) is 5.92 Å². The number of likely N-dealkylation sites (tertiary alicyclic amines) is 1. The average molecular weight is 325 g/mol. The molecular formula is C15H21BrN2O. The third-order valence-corrected chi connectivity index (χ3v) is 4.61. The number of hydrogen-bond donors (Lipinski definition) is 0. The van der Waals surface area contributed by atoms with Crippen LogP contribution in [-0.4, -0.2) is 44.9 Å². The fraction of sp³-hybridized carbons (Fsp3) is 0.533. The van der Waals surface area contributed by atoms with Gasteiger partial charge in [0, 0.05) is 29.3 Å². The molecular weight excluding hydrogens is 304 g/mol. The van der Waals surface area contributed by atoms with Gasteiger partial charge in [-0.25, -0.2) is 0 Å². The molecule has 1 aliphatic rings. The molecule has 0 amide bonds. The van der Waals surface area contributed by atoms with Crippen LogP contribution in [0.25, 0.3) is 0 Å². The molecule has 104 valence electrons. The molecule has 0 spiro atoms. The molecule has 1 aliphatic heterocycles. The second-order valence-corrected chi connectivity index (χ2v) is 6.31. The van der Waals surface area contributed by atoms with E-state index in [4.69, 9.17) is 0 Å². The maximum absolute atomic E-state index is 10.8. The van der Waals surface area contributed by atoms with E-state index in [0.717, 1.165) is 28.9 Å². The molecule has 0 saturated carbocycles. The molecule has 1 heterocycles. The summed E-state index contributed by atoms with van der Waals surface area (Å²) in [6, 6.07) is 5.92. The number of rotatable bonds is 4. The summed E-state index contributed by atoms with van der Waals surface area (Å²) in [6.45, 7) is 3.49. The van der Waals surface area contributed by atoms with Gasteiger partial charge < -0.3 is 9.80 Å². The smallest absolute Gasteiger partial charge is 0.151 e. The summed E-state index contributed by atoms with van der Waals surface area (Å²) in [5.74, 6) is 0.769. The topological polar surface area (TPSA) is 23.6 Å². The first-order valence-corrected chi connectivity index (χ1v) is 7.54.